The number of carbonyl (C=O) groups is 1. The van der Waals surface area contributed by atoms with Crippen molar-refractivity contribution < 1.29 is 13.2 Å². The Labute approximate surface area is 147 Å². The van der Waals surface area contributed by atoms with Gasteiger partial charge in [0.25, 0.3) is 10.0 Å². The number of amides is 1. The highest BCUT2D eigenvalue weighted by Gasteiger charge is 2.36. The Bertz CT molecular complexity index is 949. The average molecular weight is 356 g/mol. The van der Waals surface area contributed by atoms with Crippen LogP contribution in [0.25, 0.3) is 0 Å². The molecule has 0 radical (unpaired) electrons. The van der Waals surface area contributed by atoms with Crippen molar-refractivity contribution in [3.63, 3.8) is 0 Å². The van der Waals surface area contributed by atoms with E-state index in [9.17, 15) is 13.2 Å². The van der Waals surface area contributed by atoms with Gasteiger partial charge in [-0.2, -0.15) is 0 Å². The number of hydrogen-bond donors (Lipinski definition) is 1. The smallest absolute Gasteiger partial charge is 0.261 e. The molecule has 1 fully saturated rings. The number of carbonyl (C=O) groups excluding carboxylic acids is 1. The molecule has 2 aliphatic rings. The molecule has 130 valence electrons. The number of hydrogen-bond acceptors (Lipinski definition) is 3. The molecule has 0 aromatic heterocycles. The lowest BCUT2D eigenvalue weighted by Gasteiger charge is -2.18. The van der Waals surface area contributed by atoms with Gasteiger partial charge in [0.1, 0.15) is 0 Å². The molecule has 6 heteroatoms. The van der Waals surface area contributed by atoms with Crippen LogP contribution < -0.4 is 9.62 Å². The molecule has 25 heavy (non-hydrogen) atoms. The van der Waals surface area contributed by atoms with Crippen LogP contribution in [0.3, 0.4) is 0 Å². The first-order valence-electron chi connectivity index (χ1n) is 8.48. The average Bonchev–Trinajstić information content (AvgIpc) is 3.34. The summed E-state index contributed by atoms with van der Waals surface area (Å²) in [6.45, 7) is 2.54. The number of anilines is 2. The molecular weight excluding hydrogens is 336 g/mol. The third kappa shape index (κ3) is 3.14. The lowest BCUT2D eigenvalue weighted by molar-refractivity contribution is -0.119. The monoisotopic (exact) mass is 356 g/mol. The Hall–Kier alpha value is -2.34. The fourth-order valence-electron chi connectivity index (χ4n) is 3.22. The van der Waals surface area contributed by atoms with Crippen molar-refractivity contribution in [2.24, 2.45) is 5.92 Å². The zero-order valence-corrected chi connectivity index (χ0v) is 14.8. The second kappa shape index (κ2) is 5.88. The molecule has 0 bridgehead atoms. The Morgan fingerprint density at radius 2 is 1.96 bits per heavy atom. The molecule has 5 nitrogen and oxygen atoms in total. The van der Waals surface area contributed by atoms with Gasteiger partial charge in [0.2, 0.25) is 5.91 Å². The molecular formula is C19H20N2O3S. The fourth-order valence-corrected chi connectivity index (χ4v) is 4.37. The maximum atomic E-state index is 12.6. The van der Waals surface area contributed by atoms with Crippen molar-refractivity contribution in [1.82, 2.24) is 0 Å². The van der Waals surface area contributed by atoms with Crippen LogP contribution in [0.1, 0.15) is 24.0 Å². The minimum atomic E-state index is -3.65. The normalized spacial score (nSPS) is 16.6. The molecule has 1 aliphatic heterocycles. The Kier molecular flexibility index (Phi) is 3.80. The third-order valence-electron chi connectivity index (χ3n) is 4.73. The zero-order valence-electron chi connectivity index (χ0n) is 14.0. The number of nitrogens with one attached hydrogen (secondary N) is 1. The lowest BCUT2D eigenvalue weighted by Crippen LogP contribution is -2.30. The quantitative estimate of drug-likeness (QED) is 0.915. The molecule has 4 rings (SSSR count). The van der Waals surface area contributed by atoms with Gasteiger partial charge in [-0.25, -0.2) is 8.42 Å². The summed E-state index contributed by atoms with van der Waals surface area (Å²) in [5, 5.41) is 0. The van der Waals surface area contributed by atoms with Gasteiger partial charge in [0.15, 0.2) is 0 Å². The van der Waals surface area contributed by atoms with Crippen LogP contribution in [-0.2, 0) is 21.2 Å². The van der Waals surface area contributed by atoms with Crippen molar-refractivity contribution in [3.05, 3.63) is 53.6 Å². The molecule has 2 aromatic carbocycles. The summed E-state index contributed by atoms with van der Waals surface area (Å²) in [6, 6.07) is 12.2. The van der Waals surface area contributed by atoms with E-state index in [-0.39, 0.29) is 16.7 Å². The number of benzene rings is 2. The van der Waals surface area contributed by atoms with Crippen molar-refractivity contribution in [3.8, 4) is 0 Å². The summed E-state index contributed by atoms with van der Waals surface area (Å²) in [6.07, 6.45) is 2.74. The standard InChI is InChI=1S/C19H20N2O3S/c1-13-3-2-4-17(11-13)25(23,24)20-16-8-7-14-9-10-21(18(14)12-16)19(22)15-5-6-15/h2-4,7-8,11-12,15,20H,5-6,9-10H2,1H3. The van der Waals surface area contributed by atoms with E-state index in [1.54, 1.807) is 35.2 Å². The molecule has 0 atom stereocenters. The van der Waals surface area contributed by atoms with Crippen molar-refractivity contribution in [1.29, 1.82) is 0 Å². The van der Waals surface area contributed by atoms with Crippen molar-refractivity contribution >= 4 is 27.3 Å². The first-order valence-corrected chi connectivity index (χ1v) is 9.96. The molecule has 1 heterocycles. The van der Waals surface area contributed by atoms with Gasteiger partial charge >= 0.3 is 0 Å². The number of sulfonamides is 1. The van der Waals surface area contributed by atoms with E-state index >= 15 is 0 Å². The lowest BCUT2D eigenvalue weighted by atomic mass is 10.1. The van der Waals surface area contributed by atoms with Crippen molar-refractivity contribution in [2.45, 2.75) is 31.1 Å². The Balaban J connectivity index is 1.62. The third-order valence-corrected chi connectivity index (χ3v) is 6.10. The summed E-state index contributed by atoms with van der Waals surface area (Å²) in [7, 11) is -3.65. The molecule has 0 unspecified atom stereocenters. The summed E-state index contributed by atoms with van der Waals surface area (Å²) in [4.78, 5) is 14.5. The second-order valence-corrected chi connectivity index (χ2v) is 8.46. The molecule has 1 saturated carbocycles. The zero-order chi connectivity index (χ0) is 17.6. The summed E-state index contributed by atoms with van der Waals surface area (Å²) in [5.41, 5.74) is 3.29. The van der Waals surface area contributed by atoms with E-state index in [2.05, 4.69) is 4.72 Å². The molecule has 1 N–H and O–H groups in total. The van der Waals surface area contributed by atoms with Crippen LogP contribution in [0.5, 0.6) is 0 Å². The van der Waals surface area contributed by atoms with Gasteiger partial charge in [0.05, 0.1) is 10.6 Å². The van der Waals surface area contributed by atoms with Crippen LogP contribution >= 0.6 is 0 Å². The highest BCUT2D eigenvalue weighted by atomic mass is 32.2. The van der Waals surface area contributed by atoms with E-state index < -0.39 is 10.0 Å². The summed E-state index contributed by atoms with van der Waals surface area (Å²) >= 11 is 0. The van der Waals surface area contributed by atoms with E-state index in [1.165, 1.54) is 0 Å². The van der Waals surface area contributed by atoms with Crippen LogP contribution in [0.2, 0.25) is 0 Å². The summed E-state index contributed by atoms with van der Waals surface area (Å²) in [5.74, 6) is 0.316. The van der Waals surface area contributed by atoms with Gasteiger partial charge in [-0.3, -0.25) is 9.52 Å². The van der Waals surface area contributed by atoms with Gasteiger partial charge in [-0.15, -0.1) is 0 Å². The topological polar surface area (TPSA) is 66.5 Å². The minimum Gasteiger partial charge on any atom is -0.312 e. The van der Waals surface area contributed by atoms with Crippen LogP contribution in [-0.4, -0.2) is 20.9 Å². The largest absolute Gasteiger partial charge is 0.312 e. The number of nitrogens with zero attached hydrogens (tertiary/aromatic N) is 1. The van der Waals surface area contributed by atoms with Gasteiger partial charge in [-0.05, 0) is 61.6 Å². The Morgan fingerprint density at radius 3 is 2.68 bits per heavy atom. The van der Waals surface area contributed by atoms with Gasteiger partial charge < -0.3 is 4.90 Å². The van der Waals surface area contributed by atoms with Crippen LogP contribution in [0.15, 0.2) is 47.4 Å². The summed E-state index contributed by atoms with van der Waals surface area (Å²) < 4.78 is 27.8. The molecule has 1 aliphatic carbocycles. The van der Waals surface area contributed by atoms with Gasteiger partial charge in [-0.1, -0.05) is 18.2 Å². The fraction of sp³-hybridized carbons (Fsp3) is 0.316. The minimum absolute atomic E-state index is 0.151. The predicted octanol–water partition coefficient (Wildman–Crippen LogP) is 3.09. The first-order chi connectivity index (χ1) is 11.9. The van der Waals surface area contributed by atoms with Crippen LogP contribution in [0.4, 0.5) is 11.4 Å². The van der Waals surface area contributed by atoms with Crippen LogP contribution in [0, 0.1) is 12.8 Å². The maximum Gasteiger partial charge on any atom is 0.261 e. The highest BCUT2D eigenvalue weighted by Crippen LogP contribution is 2.37. The predicted molar refractivity (Wildman–Crippen MR) is 97.2 cm³/mol. The van der Waals surface area contributed by atoms with E-state index in [1.807, 2.05) is 19.1 Å². The van der Waals surface area contributed by atoms with E-state index in [0.29, 0.717) is 12.2 Å². The van der Waals surface area contributed by atoms with Crippen molar-refractivity contribution in [2.75, 3.05) is 16.2 Å². The van der Waals surface area contributed by atoms with E-state index in [0.717, 1.165) is 36.1 Å². The number of rotatable bonds is 4. The SMILES string of the molecule is Cc1cccc(S(=O)(=O)Nc2ccc3c(c2)N(C(=O)C2CC2)CC3)c1. The Morgan fingerprint density at radius 1 is 1.16 bits per heavy atom. The van der Waals surface area contributed by atoms with E-state index in [4.69, 9.17) is 0 Å². The molecule has 0 saturated heterocycles. The molecule has 0 spiro atoms. The maximum absolute atomic E-state index is 12.6. The number of aryl methyl sites for hydroxylation is 1. The highest BCUT2D eigenvalue weighted by molar-refractivity contribution is 7.92. The first kappa shape index (κ1) is 16.1. The molecule has 1 amide bonds. The molecule has 2 aromatic rings. The number of fused-ring (bicyclic) bond motifs is 1. The second-order valence-electron chi connectivity index (χ2n) is 6.78. The van der Waals surface area contributed by atoms with Gasteiger partial charge in [0, 0.05) is 18.2 Å².